The molecule has 2 aliphatic rings. The molecule has 1 atom stereocenters. The van der Waals surface area contributed by atoms with Crippen LogP contribution in [0.4, 0.5) is 5.13 Å². The standard InChI is InChI=1S/C27H21N3O5S/c1-14-11-18-21(13-20(14)34-2)36-27(29-18)30-23(17-5-3-4-9-28-17)22(25(32)26(30)33)24(31)16-6-7-19-15(12-16)8-10-35-19/h3-7,9,11-13,23,31H,8,10H2,1-2H3/b24-22+. The zero-order valence-corrected chi connectivity index (χ0v) is 20.3. The molecule has 4 heterocycles. The molecular formula is C27H21N3O5S. The number of aliphatic hydroxyl groups excluding tert-OH is 1. The van der Waals surface area contributed by atoms with E-state index in [1.165, 1.54) is 16.2 Å². The van der Waals surface area contributed by atoms with E-state index in [0.29, 0.717) is 40.7 Å². The van der Waals surface area contributed by atoms with Crippen LogP contribution in [0.25, 0.3) is 16.0 Å². The van der Waals surface area contributed by atoms with Gasteiger partial charge in [-0.2, -0.15) is 0 Å². The number of aliphatic hydroxyl groups is 1. The first-order chi connectivity index (χ1) is 17.5. The van der Waals surface area contributed by atoms with Crippen molar-refractivity contribution in [2.45, 2.75) is 19.4 Å². The number of hydrogen-bond acceptors (Lipinski definition) is 8. The molecule has 1 N–H and O–H groups in total. The number of pyridine rings is 1. The number of aromatic nitrogens is 2. The average Bonchev–Trinajstić information content (AvgIpc) is 3.59. The van der Waals surface area contributed by atoms with Crippen molar-refractivity contribution in [3.8, 4) is 11.5 Å². The van der Waals surface area contributed by atoms with E-state index >= 15 is 0 Å². The number of methoxy groups -OCH3 is 1. The number of aryl methyl sites for hydroxylation is 1. The van der Waals surface area contributed by atoms with Crippen molar-refractivity contribution < 1.29 is 24.2 Å². The normalized spacial score (nSPS) is 18.5. The summed E-state index contributed by atoms with van der Waals surface area (Å²) in [4.78, 5) is 37.2. The van der Waals surface area contributed by atoms with Crippen molar-refractivity contribution in [3.63, 3.8) is 0 Å². The summed E-state index contributed by atoms with van der Waals surface area (Å²) in [5.41, 5.74) is 3.42. The second-order valence-corrected chi connectivity index (χ2v) is 9.64. The maximum Gasteiger partial charge on any atom is 0.301 e. The van der Waals surface area contributed by atoms with Crippen LogP contribution in [0.1, 0.15) is 28.4 Å². The summed E-state index contributed by atoms with van der Waals surface area (Å²) in [6.45, 7) is 2.48. The van der Waals surface area contributed by atoms with Crippen LogP contribution in [-0.4, -0.2) is 40.5 Å². The number of thiazole rings is 1. The summed E-state index contributed by atoms with van der Waals surface area (Å²) in [6, 6.07) is 13.3. The van der Waals surface area contributed by atoms with Crippen LogP contribution >= 0.6 is 11.3 Å². The third-order valence-electron chi connectivity index (χ3n) is 6.48. The second kappa shape index (κ2) is 8.46. The Morgan fingerprint density at radius 3 is 2.83 bits per heavy atom. The number of ketones is 1. The lowest BCUT2D eigenvalue weighted by Gasteiger charge is -2.22. The SMILES string of the molecule is COc1cc2sc(N3C(=O)C(=O)/C(=C(/O)c4ccc5c(c4)CCO5)C3c3ccccn3)nc2cc1C. The molecule has 180 valence electrons. The maximum absolute atomic E-state index is 13.4. The zero-order valence-electron chi connectivity index (χ0n) is 19.5. The second-order valence-electron chi connectivity index (χ2n) is 8.63. The maximum atomic E-state index is 13.4. The van der Waals surface area contributed by atoms with Gasteiger partial charge in [-0.1, -0.05) is 17.4 Å². The summed E-state index contributed by atoms with van der Waals surface area (Å²) in [6.07, 6.45) is 2.30. The molecule has 0 radical (unpaired) electrons. The van der Waals surface area contributed by atoms with Crippen molar-refractivity contribution in [2.24, 2.45) is 0 Å². The van der Waals surface area contributed by atoms with Gasteiger partial charge in [0, 0.05) is 18.2 Å². The Morgan fingerprint density at radius 1 is 1.19 bits per heavy atom. The van der Waals surface area contributed by atoms with Gasteiger partial charge in [0.1, 0.15) is 23.3 Å². The van der Waals surface area contributed by atoms with Gasteiger partial charge in [-0.3, -0.25) is 19.5 Å². The van der Waals surface area contributed by atoms with Crippen molar-refractivity contribution in [2.75, 3.05) is 18.6 Å². The molecule has 0 saturated carbocycles. The lowest BCUT2D eigenvalue weighted by Crippen LogP contribution is -2.29. The number of benzene rings is 2. The van der Waals surface area contributed by atoms with Crippen molar-refractivity contribution >= 4 is 44.1 Å². The largest absolute Gasteiger partial charge is 0.507 e. The van der Waals surface area contributed by atoms with Gasteiger partial charge in [0.15, 0.2) is 5.13 Å². The monoisotopic (exact) mass is 499 g/mol. The third kappa shape index (κ3) is 3.43. The summed E-state index contributed by atoms with van der Waals surface area (Å²) >= 11 is 1.28. The van der Waals surface area contributed by atoms with Gasteiger partial charge in [-0.15, -0.1) is 0 Å². The van der Waals surface area contributed by atoms with Gasteiger partial charge in [-0.05, 0) is 60.5 Å². The van der Waals surface area contributed by atoms with E-state index in [2.05, 4.69) is 9.97 Å². The topological polar surface area (TPSA) is 102 Å². The van der Waals surface area contributed by atoms with E-state index in [1.54, 1.807) is 49.7 Å². The van der Waals surface area contributed by atoms with E-state index in [4.69, 9.17) is 9.47 Å². The predicted molar refractivity (Wildman–Crippen MR) is 136 cm³/mol. The highest BCUT2D eigenvalue weighted by Gasteiger charge is 2.49. The summed E-state index contributed by atoms with van der Waals surface area (Å²) < 4.78 is 11.8. The Hall–Kier alpha value is -4.24. The van der Waals surface area contributed by atoms with E-state index in [-0.39, 0.29) is 11.3 Å². The average molecular weight is 500 g/mol. The fourth-order valence-electron chi connectivity index (χ4n) is 4.71. The number of Topliss-reactive ketones (excluding diaryl/α,β-unsaturated/α-hetero) is 1. The molecule has 1 saturated heterocycles. The molecule has 0 aliphatic carbocycles. The van der Waals surface area contributed by atoms with Crippen molar-refractivity contribution in [3.05, 3.63) is 82.7 Å². The molecule has 9 heteroatoms. The first-order valence-corrected chi connectivity index (χ1v) is 12.2. The molecule has 2 aromatic heterocycles. The number of ether oxygens (including phenoxy) is 2. The first kappa shape index (κ1) is 22.2. The Morgan fingerprint density at radius 2 is 2.06 bits per heavy atom. The van der Waals surface area contributed by atoms with E-state index in [1.807, 2.05) is 19.1 Å². The molecule has 4 aromatic rings. The number of amides is 1. The number of hydrogen-bond donors (Lipinski definition) is 1. The molecule has 2 aliphatic heterocycles. The van der Waals surface area contributed by atoms with Crippen LogP contribution in [0.15, 0.2) is 60.3 Å². The number of fused-ring (bicyclic) bond motifs is 2. The van der Waals surface area contributed by atoms with Gasteiger partial charge in [0.25, 0.3) is 5.78 Å². The van der Waals surface area contributed by atoms with Gasteiger partial charge < -0.3 is 14.6 Å². The molecule has 0 bridgehead atoms. The molecule has 36 heavy (non-hydrogen) atoms. The molecule has 1 fully saturated rings. The van der Waals surface area contributed by atoms with Crippen LogP contribution in [0.5, 0.6) is 11.5 Å². The number of nitrogens with zero attached hydrogens (tertiary/aromatic N) is 3. The number of anilines is 1. The highest BCUT2D eigenvalue weighted by Crippen LogP contribution is 2.44. The molecule has 0 spiro atoms. The van der Waals surface area contributed by atoms with Crippen molar-refractivity contribution in [1.29, 1.82) is 0 Å². The van der Waals surface area contributed by atoms with Crippen LogP contribution in [0.2, 0.25) is 0 Å². The number of carbonyl (C=O) groups is 2. The Balaban J connectivity index is 1.53. The minimum Gasteiger partial charge on any atom is -0.507 e. The van der Waals surface area contributed by atoms with Gasteiger partial charge in [0.05, 0.1) is 35.2 Å². The van der Waals surface area contributed by atoms with E-state index in [0.717, 1.165) is 21.6 Å². The van der Waals surface area contributed by atoms with E-state index in [9.17, 15) is 14.7 Å². The molecule has 1 unspecified atom stereocenters. The third-order valence-corrected chi connectivity index (χ3v) is 7.49. The van der Waals surface area contributed by atoms with Crippen LogP contribution in [0.3, 0.4) is 0 Å². The highest BCUT2D eigenvalue weighted by molar-refractivity contribution is 7.22. The lowest BCUT2D eigenvalue weighted by molar-refractivity contribution is -0.132. The number of rotatable bonds is 4. The smallest absolute Gasteiger partial charge is 0.301 e. The van der Waals surface area contributed by atoms with Gasteiger partial charge in [-0.25, -0.2) is 4.98 Å². The summed E-state index contributed by atoms with van der Waals surface area (Å²) in [7, 11) is 1.60. The van der Waals surface area contributed by atoms with E-state index < -0.39 is 17.7 Å². The Bertz CT molecular complexity index is 1580. The molecule has 6 rings (SSSR count). The highest BCUT2D eigenvalue weighted by atomic mass is 32.1. The molecular weight excluding hydrogens is 478 g/mol. The van der Waals surface area contributed by atoms with Crippen molar-refractivity contribution in [1.82, 2.24) is 9.97 Å². The Kier molecular flexibility index (Phi) is 5.22. The zero-order chi connectivity index (χ0) is 25.0. The molecule has 1 amide bonds. The fraction of sp³-hybridized carbons (Fsp3) is 0.185. The molecule has 8 nitrogen and oxygen atoms in total. The van der Waals surface area contributed by atoms with Crippen LogP contribution < -0.4 is 14.4 Å². The summed E-state index contributed by atoms with van der Waals surface area (Å²) in [5.74, 6) is -0.331. The minimum atomic E-state index is -0.931. The number of carbonyl (C=O) groups excluding carboxylic acids is 2. The summed E-state index contributed by atoms with van der Waals surface area (Å²) in [5, 5.41) is 11.7. The lowest BCUT2D eigenvalue weighted by atomic mass is 9.97. The predicted octanol–water partition coefficient (Wildman–Crippen LogP) is 4.57. The molecule has 2 aromatic carbocycles. The Labute approximate surface area is 210 Å². The van der Waals surface area contributed by atoms with Crippen LogP contribution in [-0.2, 0) is 16.0 Å². The van der Waals surface area contributed by atoms with Gasteiger partial charge >= 0.3 is 5.91 Å². The quantitative estimate of drug-likeness (QED) is 0.249. The van der Waals surface area contributed by atoms with Gasteiger partial charge in [0.2, 0.25) is 0 Å². The minimum absolute atomic E-state index is 0.0226. The first-order valence-electron chi connectivity index (χ1n) is 11.4. The van der Waals surface area contributed by atoms with Crippen LogP contribution in [0, 0.1) is 6.92 Å². The fourth-order valence-corrected chi connectivity index (χ4v) is 5.71.